The Bertz CT molecular complexity index is 424. The molecule has 0 radical (unpaired) electrons. The Kier molecular flexibility index (Phi) is 4.52. The van der Waals surface area contributed by atoms with Crippen molar-refractivity contribution in [2.75, 3.05) is 7.11 Å². The van der Waals surface area contributed by atoms with Gasteiger partial charge in [0, 0.05) is 0 Å². The Balaban J connectivity index is 2.72. The summed E-state index contributed by atoms with van der Waals surface area (Å²) in [5.41, 5.74) is -1.65. The zero-order chi connectivity index (χ0) is 15.6. The van der Waals surface area contributed by atoms with E-state index in [1.165, 1.54) is 7.11 Å². The molecule has 1 aliphatic carbocycles. The number of carbonyl (C=O) groups is 2. The van der Waals surface area contributed by atoms with Gasteiger partial charge in [0.2, 0.25) is 0 Å². The molecule has 0 aromatic heterocycles. The van der Waals surface area contributed by atoms with Crippen molar-refractivity contribution in [2.24, 2.45) is 5.41 Å². The number of esters is 1. The first-order valence-electron chi connectivity index (χ1n) is 6.80. The quantitative estimate of drug-likeness (QED) is 0.625. The maximum atomic E-state index is 11.8. The van der Waals surface area contributed by atoms with E-state index in [1.54, 1.807) is 6.08 Å². The van der Waals surface area contributed by atoms with Crippen molar-refractivity contribution < 1.29 is 19.1 Å². The van der Waals surface area contributed by atoms with Crippen molar-refractivity contribution in [3.8, 4) is 0 Å². The van der Waals surface area contributed by atoms with Crippen molar-refractivity contribution in [3.63, 3.8) is 0 Å². The second-order valence-corrected chi connectivity index (χ2v) is 6.79. The fourth-order valence-corrected chi connectivity index (χ4v) is 2.10. The standard InChI is InChI=1S/C15H25NO4/c1-13(2,3)20-12(18)16-15(5)9-7-14(4,8-10-15)11(17)19-6/h7,9H,8,10H2,1-6H3,(H,16,18). The molecule has 0 saturated carbocycles. The Hall–Kier alpha value is -1.52. The normalized spacial score (nSPS) is 29.7. The van der Waals surface area contributed by atoms with Crippen LogP contribution in [0.2, 0.25) is 0 Å². The summed E-state index contributed by atoms with van der Waals surface area (Å²) >= 11 is 0. The van der Waals surface area contributed by atoms with Crippen LogP contribution in [0.4, 0.5) is 4.79 Å². The number of hydrogen-bond donors (Lipinski definition) is 1. The van der Waals surface area contributed by atoms with Gasteiger partial charge in [0.05, 0.1) is 18.1 Å². The third-order valence-corrected chi connectivity index (χ3v) is 3.42. The van der Waals surface area contributed by atoms with E-state index in [-0.39, 0.29) is 5.97 Å². The predicted molar refractivity (Wildman–Crippen MR) is 76.3 cm³/mol. The summed E-state index contributed by atoms with van der Waals surface area (Å²) in [5.74, 6) is -0.256. The molecule has 5 nitrogen and oxygen atoms in total. The number of carbonyl (C=O) groups excluding carboxylic acids is 2. The lowest BCUT2D eigenvalue weighted by Gasteiger charge is -2.37. The van der Waals surface area contributed by atoms with Crippen LogP contribution in [0.15, 0.2) is 12.2 Å². The van der Waals surface area contributed by atoms with Crippen molar-refractivity contribution in [1.29, 1.82) is 0 Å². The molecule has 2 unspecified atom stereocenters. The topological polar surface area (TPSA) is 64.6 Å². The van der Waals surface area contributed by atoms with E-state index < -0.39 is 22.6 Å². The molecule has 0 fully saturated rings. The fourth-order valence-electron chi connectivity index (χ4n) is 2.10. The van der Waals surface area contributed by atoms with Gasteiger partial charge in [-0.25, -0.2) is 4.79 Å². The van der Waals surface area contributed by atoms with E-state index in [2.05, 4.69) is 5.32 Å². The molecule has 0 heterocycles. The minimum absolute atomic E-state index is 0.256. The van der Waals surface area contributed by atoms with E-state index in [9.17, 15) is 9.59 Å². The zero-order valence-electron chi connectivity index (χ0n) is 13.2. The fraction of sp³-hybridized carbons (Fsp3) is 0.733. The van der Waals surface area contributed by atoms with Crippen LogP contribution in [0, 0.1) is 5.41 Å². The molecule has 114 valence electrons. The number of rotatable bonds is 2. The number of amides is 1. The van der Waals surface area contributed by atoms with Crippen LogP contribution >= 0.6 is 0 Å². The molecule has 5 heteroatoms. The Morgan fingerprint density at radius 2 is 1.75 bits per heavy atom. The number of nitrogens with one attached hydrogen (secondary N) is 1. The third-order valence-electron chi connectivity index (χ3n) is 3.42. The lowest BCUT2D eigenvalue weighted by Crippen LogP contribution is -2.49. The van der Waals surface area contributed by atoms with Crippen molar-refractivity contribution in [2.45, 2.75) is 58.6 Å². The molecular formula is C15H25NO4. The molecule has 0 saturated heterocycles. The van der Waals surface area contributed by atoms with E-state index in [4.69, 9.17) is 9.47 Å². The Morgan fingerprint density at radius 1 is 1.15 bits per heavy atom. The van der Waals surface area contributed by atoms with Crippen LogP contribution in [-0.2, 0) is 14.3 Å². The average molecular weight is 283 g/mol. The summed E-state index contributed by atoms with van der Waals surface area (Å²) in [6.07, 6.45) is 4.46. The number of alkyl carbamates (subject to hydrolysis) is 1. The number of methoxy groups -OCH3 is 1. The number of ether oxygens (including phenoxy) is 2. The lowest BCUT2D eigenvalue weighted by atomic mass is 9.74. The predicted octanol–water partition coefficient (Wildman–Crippen LogP) is 2.80. The summed E-state index contributed by atoms with van der Waals surface area (Å²) < 4.78 is 10.1. The zero-order valence-corrected chi connectivity index (χ0v) is 13.2. The van der Waals surface area contributed by atoms with Crippen LogP contribution in [0.5, 0.6) is 0 Å². The van der Waals surface area contributed by atoms with Gasteiger partial charge in [-0.2, -0.15) is 0 Å². The minimum Gasteiger partial charge on any atom is -0.468 e. The van der Waals surface area contributed by atoms with Crippen molar-refractivity contribution in [1.82, 2.24) is 5.32 Å². The molecular weight excluding hydrogens is 258 g/mol. The monoisotopic (exact) mass is 283 g/mol. The highest BCUT2D eigenvalue weighted by molar-refractivity contribution is 5.79. The van der Waals surface area contributed by atoms with E-state index in [1.807, 2.05) is 40.7 Å². The Labute approximate surface area is 120 Å². The highest BCUT2D eigenvalue weighted by atomic mass is 16.6. The first-order valence-corrected chi connectivity index (χ1v) is 6.80. The first kappa shape index (κ1) is 16.5. The number of hydrogen-bond acceptors (Lipinski definition) is 4. The summed E-state index contributed by atoms with van der Waals surface area (Å²) in [5, 5.41) is 2.85. The van der Waals surface area contributed by atoms with Crippen molar-refractivity contribution >= 4 is 12.1 Å². The molecule has 2 atom stereocenters. The highest BCUT2D eigenvalue weighted by Crippen LogP contribution is 2.36. The summed E-state index contributed by atoms with van der Waals surface area (Å²) in [7, 11) is 1.38. The lowest BCUT2D eigenvalue weighted by molar-refractivity contribution is -0.149. The summed E-state index contributed by atoms with van der Waals surface area (Å²) in [6.45, 7) is 9.20. The van der Waals surface area contributed by atoms with Gasteiger partial charge >= 0.3 is 12.1 Å². The van der Waals surface area contributed by atoms with Crippen LogP contribution in [0.1, 0.15) is 47.5 Å². The largest absolute Gasteiger partial charge is 0.468 e. The molecule has 0 aromatic carbocycles. The maximum Gasteiger partial charge on any atom is 0.408 e. The van der Waals surface area contributed by atoms with Crippen molar-refractivity contribution in [3.05, 3.63) is 12.2 Å². The third kappa shape index (κ3) is 4.25. The van der Waals surface area contributed by atoms with Gasteiger partial charge in [-0.05, 0) is 47.5 Å². The smallest absolute Gasteiger partial charge is 0.408 e. The Morgan fingerprint density at radius 3 is 2.15 bits per heavy atom. The van der Waals surface area contributed by atoms with Gasteiger partial charge in [-0.15, -0.1) is 0 Å². The summed E-state index contributed by atoms with van der Waals surface area (Å²) in [6, 6.07) is 0. The molecule has 20 heavy (non-hydrogen) atoms. The molecule has 0 bridgehead atoms. The van der Waals surface area contributed by atoms with Gasteiger partial charge in [0.1, 0.15) is 5.60 Å². The molecule has 1 rings (SSSR count). The van der Waals surface area contributed by atoms with Gasteiger partial charge in [-0.1, -0.05) is 12.2 Å². The second-order valence-electron chi connectivity index (χ2n) is 6.79. The molecule has 0 aromatic rings. The van der Waals surface area contributed by atoms with Crippen LogP contribution < -0.4 is 5.32 Å². The average Bonchev–Trinajstić information content (AvgIpc) is 2.30. The van der Waals surface area contributed by atoms with Gasteiger partial charge in [0.25, 0.3) is 0 Å². The van der Waals surface area contributed by atoms with Crippen LogP contribution in [-0.4, -0.2) is 30.3 Å². The second kappa shape index (κ2) is 5.46. The molecule has 0 spiro atoms. The van der Waals surface area contributed by atoms with E-state index in [0.29, 0.717) is 12.8 Å². The van der Waals surface area contributed by atoms with Crippen LogP contribution in [0.25, 0.3) is 0 Å². The highest BCUT2D eigenvalue weighted by Gasteiger charge is 2.39. The maximum absolute atomic E-state index is 11.8. The van der Waals surface area contributed by atoms with Gasteiger partial charge in [-0.3, -0.25) is 4.79 Å². The minimum atomic E-state index is -0.621. The summed E-state index contributed by atoms with van der Waals surface area (Å²) in [4.78, 5) is 23.5. The first-order chi connectivity index (χ1) is 9.00. The molecule has 1 amide bonds. The molecule has 1 N–H and O–H groups in total. The van der Waals surface area contributed by atoms with E-state index >= 15 is 0 Å². The van der Waals surface area contributed by atoms with Gasteiger partial charge in [0.15, 0.2) is 0 Å². The molecule has 0 aliphatic heterocycles. The molecule has 1 aliphatic rings. The SMILES string of the molecule is COC(=O)C1(C)C=CC(C)(NC(=O)OC(C)(C)C)CC1. The van der Waals surface area contributed by atoms with Crippen LogP contribution in [0.3, 0.4) is 0 Å². The van der Waals surface area contributed by atoms with E-state index in [0.717, 1.165) is 0 Å². The van der Waals surface area contributed by atoms with Gasteiger partial charge < -0.3 is 14.8 Å².